The van der Waals surface area contributed by atoms with Gasteiger partial charge in [0.25, 0.3) is 0 Å². The molecule has 0 aliphatic carbocycles. The van der Waals surface area contributed by atoms with Gasteiger partial charge in [0.15, 0.2) is 0 Å². The maximum Gasteiger partial charge on any atom is 0.124 e. The molecule has 0 fully saturated rings. The lowest BCUT2D eigenvalue weighted by Crippen LogP contribution is -2.14. The molecule has 3 heteroatoms. The standard InChI is InChI=1S/C11H16ClNO/c1-8-5-10(13(3)7-12)6-9(2)11(8)14-4/h5-6H,7H2,1-4H3. The maximum absolute atomic E-state index is 5.76. The SMILES string of the molecule is COc1c(C)cc(N(C)CCl)cc1C. The molecule has 1 aromatic carbocycles. The lowest BCUT2D eigenvalue weighted by molar-refractivity contribution is 0.408. The molecule has 14 heavy (non-hydrogen) atoms. The molecule has 1 aromatic rings. The van der Waals surface area contributed by atoms with Crippen molar-refractivity contribution in [1.82, 2.24) is 0 Å². The van der Waals surface area contributed by atoms with E-state index in [1.165, 1.54) is 0 Å². The first kappa shape index (κ1) is 11.2. The van der Waals surface area contributed by atoms with Crippen LogP contribution in [0, 0.1) is 13.8 Å². The van der Waals surface area contributed by atoms with Crippen molar-refractivity contribution in [3.8, 4) is 5.75 Å². The zero-order valence-electron chi connectivity index (χ0n) is 9.10. The van der Waals surface area contributed by atoms with Gasteiger partial charge >= 0.3 is 0 Å². The minimum Gasteiger partial charge on any atom is -0.496 e. The van der Waals surface area contributed by atoms with Crippen molar-refractivity contribution in [1.29, 1.82) is 0 Å². The van der Waals surface area contributed by atoms with Gasteiger partial charge in [-0.05, 0) is 37.1 Å². The second-order valence-corrected chi connectivity index (χ2v) is 3.67. The van der Waals surface area contributed by atoms with Gasteiger partial charge in [-0.1, -0.05) is 0 Å². The lowest BCUT2D eigenvalue weighted by atomic mass is 10.1. The molecule has 0 saturated heterocycles. The number of rotatable bonds is 3. The van der Waals surface area contributed by atoms with E-state index in [4.69, 9.17) is 16.3 Å². The normalized spacial score (nSPS) is 10.1. The molecule has 78 valence electrons. The quantitative estimate of drug-likeness (QED) is 0.566. The van der Waals surface area contributed by atoms with Gasteiger partial charge in [0.1, 0.15) is 5.75 Å². The Morgan fingerprint density at radius 3 is 2.14 bits per heavy atom. The predicted octanol–water partition coefficient (Wildman–Crippen LogP) is 2.94. The third-order valence-corrected chi connectivity index (χ3v) is 2.63. The Kier molecular flexibility index (Phi) is 3.64. The predicted molar refractivity (Wildman–Crippen MR) is 61.6 cm³/mol. The van der Waals surface area contributed by atoms with E-state index in [0.717, 1.165) is 22.6 Å². The van der Waals surface area contributed by atoms with Crippen molar-refractivity contribution in [3.63, 3.8) is 0 Å². The van der Waals surface area contributed by atoms with Crippen LogP contribution in [0.15, 0.2) is 12.1 Å². The van der Waals surface area contributed by atoms with Crippen molar-refractivity contribution in [2.45, 2.75) is 13.8 Å². The van der Waals surface area contributed by atoms with Gasteiger partial charge in [-0.15, -0.1) is 11.6 Å². The molecule has 1 rings (SSSR count). The third kappa shape index (κ3) is 2.13. The van der Waals surface area contributed by atoms with Crippen LogP contribution in [-0.2, 0) is 0 Å². The highest BCUT2D eigenvalue weighted by molar-refractivity contribution is 6.18. The minimum atomic E-state index is 0.491. The van der Waals surface area contributed by atoms with Crippen LogP contribution in [0.3, 0.4) is 0 Å². The summed E-state index contributed by atoms with van der Waals surface area (Å²) < 4.78 is 5.29. The molecule has 2 nitrogen and oxygen atoms in total. The first-order chi connectivity index (χ1) is 6.60. The van der Waals surface area contributed by atoms with Crippen LogP contribution < -0.4 is 9.64 Å². The summed E-state index contributed by atoms with van der Waals surface area (Å²) in [7, 11) is 3.66. The molecule has 0 N–H and O–H groups in total. The van der Waals surface area contributed by atoms with Gasteiger partial charge in [-0.25, -0.2) is 0 Å². The third-order valence-electron chi connectivity index (χ3n) is 2.27. The first-order valence-corrected chi connectivity index (χ1v) is 5.06. The number of aryl methyl sites for hydroxylation is 2. The molecule has 0 bridgehead atoms. The van der Waals surface area contributed by atoms with Crippen LogP contribution in [-0.4, -0.2) is 20.2 Å². The summed E-state index contributed by atoms with van der Waals surface area (Å²) in [5.41, 5.74) is 3.40. The molecule has 0 saturated carbocycles. The number of nitrogens with zero attached hydrogens (tertiary/aromatic N) is 1. The fourth-order valence-electron chi connectivity index (χ4n) is 1.54. The van der Waals surface area contributed by atoms with Crippen molar-refractivity contribution in [2.24, 2.45) is 0 Å². The van der Waals surface area contributed by atoms with Gasteiger partial charge in [0.05, 0.1) is 13.1 Å². The van der Waals surface area contributed by atoms with Gasteiger partial charge in [0, 0.05) is 12.7 Å². The van der Waals surface area contributed by atoms with Crippen LogP contribution in [0.25, 0.3) is 0 Å². The Morgan fingerprint density at radius 2 is 1.79 bits per heavy atom. The minimum absolute atomic E-state index is 0.491. The smallest absolute Gasteiger partial charge is 0.124 e. The van der Waals surface area contributed by atoms with Crippen molar-refractivity contribution < 1.29 is 4.74 Å². The summed E-state index contributed by atoms with van der Waals surface area (Å²) in [5.74, 6) is 0.955. The largest absolute Gasteiger partial charge is 0.496 e. The van der Waals surface area contributed by atoms with Crippen LogP contribution in [0.4, 0.5) is 5.69 Å². The molecule has 0 spiro atoms. The summed E-state index contributed by atoms with van der Waals surface area (Å²) in [5, 5.41) is 0. The molecule has 0 atom stereocenters. The first-order valence-electron chi connectivity index (χ1n) is 4.52. The number of hydrogen-bond donors (Lipinski definition) is 0. The molecule has 0 aliphatic rings. The molecule has 0 amide bonds. The second-order valence-electron chi connectivity index (χ2n) is 3.43. The number of halogens is 1. The van der Waals surface area contributed by atoms with E-state index < -0.39 is 0 Å². The zero-order valence-corrected chi connectivity index (χ0v) is 9.85. The van der Waals surface area contributed by atoms with Crippen LogP contribution >= 0.6 is 11.6 Å². The molecule has 0 heterocycles. The summed E-state index contributed by atoms with van der Waals surface area (Å²) in [6.07, 6.45) is 0. The van der Waals surface area contributed by atoms with E-state index in [-0.39, 0.29) is 0 Å². The fraction of sp³-hybridized carbons (Fsp3) is 0.455. The van der Waals surface area contributed by atoms with Crippen molar-refractivity contribution in [2.75, 3.05) is 25.1 Å². The second kappa shape index (κ2) is 4.56. The zero-order chi connectivity index (χ0) is 10.7. The van der Waals surface area contributed by atoms with E-state index in [2.05, 4.69) is 12.1 Å². The summed E-state index contributed by atoms with van der Waals surface area (Å²) in [4.78, 5) is 1.99. The van der Waals surface area contributed by atoms with Gasteiger partial charge in [-0.2, -0.15) is 0 Å². The highest BCUT2D eigenvalue weighted by atomic mass is 35.5. The van der Waals surface area contributed by atoms with E-state index in [9.17, 15) is 0 Å². The van der Waals surface area contributed by atoms with Crippen molar-refractivity contribution in [3.05, 3.63) is 23.3 Å². The van der Waals surface area contributed by atoms with E-state index in [1.54, 1.807) is 7.11 Å². The van der Waals surface area contributed by atoms with Gasteiger partial charge < -0.3 is 9.64 Å². The highest BCUT2D eigenvalue weighted by Crippen LogP contribution is 2.28. The Hall–Kier alpha value is -0.890. The fourth-order valence-corrected chi connectivity index (χ4v) is 1.68. The molecular weight excluding hydrogens is 198 g/mol. The summed E-state index contributed by atoms with van der Waals surface area (Å²) >= 11 is 5.76. The number of alkyl halides is 1. The van der Waals surface area contributed by atoms with Gasteiger partial charge in [-0.3, -0.25) is 0 Å². The summed E-state index contributed by atoms with van der Waals surface area (Å²) in [6, 6.07) is 4.65. The van der Waals surface area contributed by atoms with Crippen LogP contribution in [0.1, 0.15) is 11.1 Å². The Morgan fingerprint density at radius 1 is 1.29 bits per heavy atom. The molecule has 0 unspecified atom stereocenters. The average molecular weight is 214 g/mol. The average Bonchev–Trinajstić information content (AvgIpc) is 2.16. The van der Waals surface area contributed by atoms with E-state index >= 15 is 0 Å². The number of ether oxygens (including phenoxy) is 1. The highest BCUT2D eigenvalue weighted by Gasteiger charge is 2.07. The lowest BCUT2D eigenvalue weighted by Gasteiger charge is -2.18. The van der Waals surface area contributed by atoms with E-state index in [0.29, 0.717) is 6.00 Å². The number of anilines is 1. The Bertz CT molecular complexity index is 302. The Balaban J connectivity index is 3.13. The molecule has 0 radical (unpaired) electrons. The van der Waals surface area contributed by atoms with Crippen molar-refractivity contribution >= 4 is 17.3 Å². The monoisotopic (exact) mass is 213 g/mol. The maximum atomic E-state index is 5.76. The van der Waals surface area contributed by atoms with Gasteiger partial charge in [0.2, 0.25) is 0 Å². The number of methoxy groups -OCH3 is 1. The number of hydrogen-bond acceptors (Lipinski definition) is 2. The van der Waals surface area contributed by atoms with Crippen LogP contribution in [0.5, 0.6) is 5.75 Å². The number of benzene rings is 1. The summed E-state index contributed by atoms with van der Waals surface area (Å²) in [6.45, 7) is 4.08. The molecule has 0 aliphatic heterocycles. The molecule has 0 aromatic heterocycles. The Labute approximate surface area is 90.4 Å². The topological polar surface area (TPSA) is 12.5 Å². The van der Waals surface area contributed by atoms with E-state index in [1.807, 2.05) is 25.8 Å². The molecular formula is C11H16ClNO. The van der Waals surface area contributed by atoms with Crippen LogP contribution in [0.2, 0.25) is 0 Å².